The van der Waals surface area contributed by atoms with Crippen molar-refractivity contribution in [3.63, 3.8) is 0 Å². The molecular formula is C8H8N2O2. The molecule has 12 heavy (non-hydrogen) atoms. The van der Waals surface area contributed by atoms with Crippen LogP contribution in [-0.2, 0) is 0 Å². The number of furan rings is 1. The van der Waals surface area contributed by atoms with E-state index in [0.717, 1.165) is 11.3 Å². The minimum atomic E-state index is 0.513. The smallest absolute Gasteiger partial charge is 0.251 e. The van der Waals surface area contributed by atoms with Gasteiger partial charge in [-0.2, -0.15) is 0 Å². The lowest BCUT2D eigenvalue weighted by atomic mass is 10.3. The number of nitrogens with zero attached hydrogens (tertiary/aromatic N) is 2. The summed E-state index contributed by atoms with van der Waals surface area (Å²) >= 11 is 0. The minimum absolute atomic E-state index is 0.513. The van der Waals surface area contributed by atoms with Gasteiger partial charge >= 0.3 is 0 Å². The Morgan fingerprint density at radius 1 is 1.25 bits per heavy atom. The molecule has 2 aromatic rings. The van der Waals surface area contributed by atoms with Crippen molar-refractivity contribution >= 4 is 0 Å². The van der Waals surface area contributed by atoms with E-state index in [1.165, 1.54) is 0 Å². The molecular weight excluding hydrogens is 156 g/mol. The van der Waals surface area contributed by atoms with Gasteiger partial charge in [0, 0.05) is 6.92 Å². The maximum Gasteiger partial charge on any atom is 0.251 e. The van der Waals surface area contributed by atoms with Crippen molar-refractivity contribution in [3.8, 4) is 11.5 Å². The lowest BCUT2D eigenvalue weighted by Crippen LogP contribution is -1.76. The van der Waals surface area contributed by atoms with Gasteiger partial charge in [0.15, 0.2) is 0 Å². The maximum absolute atomic E-state index is 5.23. The molecule has 2 rings (SSSR count). The fourth-order valence-corrected chi connectivity index (χ4v) is 1.01. The summed E-state index contributed by atoms with van der Waals surface area (Å²) in [7, 11) is 0. The SMILES string of the molecule is Cc1nnc(-c2ccoc2C)o1. The Labute approximate surface area is 69.2 Å². The zero-order valence-corrected chi connectivity index (χ0v) is 6.87. The van der Waals surface area contributed by atoms with Crippen LogP contribution in [0.2, 0.25) is 0 Å². The molecule has 0 bridgehead atoms. The van der Waals surface area contributed by atoms with Gasteiger partial charge in [-0.3, -0.25) is 0 Å². The first-order valence-electron chi connectivity index (χ1n) is 3.62. The van der Waals surface area contributed by atoms with Crippen LogP contribution in [0.15, 0.2) is 21.2 Å². The molecule has 4 heteroatoms. The van der Waals surface area contributed by atoms with Crippen LogP contribution < -0.4 is 0 Å². The standard InChI is InChI=1S/C8H8N2O2/c1-5-7(3-4-11-5)8-10-9-6(2)12-8/h3-4H,1-2H3. The Bertz CT molecular complexity index is 389. The topological polar surface area (TPSA) is 52.1 Å². The van der Waals surface area contributed by atoms with Gasteiger partial charge in [0.1, 0.15) is 5.76 Å². The third-order valence-corrected chi connectivity index (χ3v) is 1.62. The van der Waals surface area contributed by atoms with E-state index in [9.17, 15) is 0 Å². The number of rotatable bonds is 1. The van der Waals surface area contributed by atoms with Gasteiger partial charge in [-0.15, -0.1) is 10.2 Å². The first-order chi connectivity index (χ1) is 5.77. The van der Waals surface area contributed by atoms with Gasteiger partial charge < -0.3 is 8.83 Å². The molecule has 0 N–H and O–H groups in total. The van der Waals surface area contributed by atoms with Gasteiger partial charge in [0.2, 0.25) is 5.89 Å². The highest BCUT2D eigenvalue weighted by Gasteiger charge is 2.10. The normalized spacial score (nSPS) is 10.5. The van der Waals surface area contributed by atoms with Crippen LogP contribution >= 0.6 is 0 Å². The van der Waals surface area contributed by atoms with Gasteiger partial charge in [0.25, 0.3) is 5.89 Å². The molecule has 0 atom stereocenters. The van der Waals surface area contributed by atoms with E-state index < -0.39 is 0 Å². The molecule has 0 aliphatic rings. The summed E-state index contributed by atoms with van der Waals surface area (Å²) in [5.74, 6) is 1.86. The summed E-state index contributed by atoms with van der Waals surface area (Å²) in [5, 5.41) is 7.60. The third-order valence-electron chi connectivity index (χ3n) is 1.62. The van der Waals surface area contributed by atoms with Crippen molar-refractivity contribution in [1.29, 1.82) is 0 Å². The van der Waals surface area contributed by atoms with E-state index in [0.29, 0.717) is 11.8 Å². The number of hydrogen-bond donors (Lipinski definition) is 0. The average Bonchev–Trinajstić information content (AvgIpc) is 2.58. The van der Waals surface area contributed by atoms with Crippen molar-refractivity contribution in [1.82, 2.24) is 10.2 Å². The number of aryl methyl sites for hydroxylation is 2. The fraction of sp³-hybridized carbons (Fsp3) is 0.250. The molecule has 2 aromatic heterocycles. The average molecular weight is 164 g/mol. The van der Waals surface area contributed by atoms with E-state index in [1.807, 2.05) is 13.0 Å². The third kappa shape index (κ3) is 1.01. The molecule has 0 spiro atoms. The van der Waals surface area contributed by atoms with E-state index in [2.05, 4.69) is 10.2 Å². The van der Waals surface area contributed by atoms with Crippen molar-refractivity contribution in [2.75, 3.05) is 0 Å². The van der Waals surface area contributed by atoms with Crippen LogP contribution in [0.4, 0.5) is 0 Å². The number of hydrogen-bond acceptors (Lipinski definition) is 4. The molecule has 0 unspecified atom stereocenters. The quantitative estimate of drug-likeness (QED) is 0.646. The van der Waals surface area contributed by atoms with Crippen LogP contribution in [0.5, 0.6) is 0 Å². The van der Waals surface area contributed by atoms with E-state index in [-0.39, 0.29) is 0 Å². The molecule has 4 nitrogen and oxygen atoms in total. The van der Waals surface area contributed by atoms with E-state index >= 15 is 0 Å². The zero-order chi connectivity index (χ0) is 8.55. The van der Waals surface area contributed by atoms with Crippen molar-refractivity contribution < 1.29 is 8.83 Å². The Morgan fingerprint density at radius 2 is 2.08 bits per heavy atom. The van der Waals surface area contributed by atoms with Crippen LogP contribution in [0.25, 0.3) is 11.5 Å². The Balaban J connectivity index is 2.50. The highest BCUT2D eigenvalue weighted by Crippen LogP contribution is 2.22. The first kappa shape index (κ1) is 7.09. The highest BCUT2D eigenvalue weighted by molar-refractivity contribution is 5.54. The summed E-state index contributed by atoms with van der Waals surface area (Å²) in [6, 6.07) is 1.81. The van der Waals surface area contributed by atoms with Gasteiger partial charge in [-0.05, 0) is 13.0 Å². The summed E-state index contributed by atoms with van der Waals surface area (Å²) in [6.07, 6.45) is 1.60. The second-order valence-corrected chi connectivity index (χ2v) is 2.52. The van der Waals surface area contributed by atoms with Crippen molar-refractivity contribution in [2.24, 2.45) is 0 Å². The van der Waals surface area contributed by atoms with Crippen LogP contribution in [-0.4, -0.2) is 10.2 Å². The molecule has 0 aliphatic heterocycles. The van der Waals surface area contributed by atoms with Crippen LogP contribution in [0.1, 0.15) is 11.7 Å². The first-order valence-corrected chi connectivity index (χ1v) is 3.62. The molecule has 0 saturated carbocycles. The molecule has 0 radical (unpaired) electrons. The lowest BCUT2D eigenvalue weighted by Gasteiger charge is -1.87. The molecule has 0 amide bonds. The summed E-state index contributed by atoms with van der Waals surface area (Å²) in [6.45, 7) is 3.61. The molecule has 0 saturated heterocycles. The molecule has 62 valence electrons. The van der Waals surface area contributed by atoms with Crippen molar-refractivity contribution in [3.05, 3.63) is 24.0 Å². The molecule has 0 aliphatic carbocycles. The Morgan fingerprint density at radius 3 is 2.58 bits per heavy atom. The lowest BCUT2D eigenvalue weighted by molar-refractivity contribution is 0.519. The summed E-state index contributed by atoms with van der Waals surface area (Å²) < 4.78 is 10.3. The van der Waals surface area contributed by atoms with E-state index in [4.69, 9.17) is 8.83 Å². The fourth-order valence-electron chi connectivity index (χ4n) is 1.01. The van der Waals surface area contributed by atoms with Gasteiger partial charge in [-0.25, -0.2) is 0 Å². The Kier molecular flexibility index (Phi) is 1.46. The highest BCUT2D eigenvalue weighted by atomic mass is 16.4. The molecule has 0 aromatic carbocycles. The number of aromatic nitrogens is 2. The van der Waals surface area contributed by atoms with E-state index in [1.54, 1.807) is 13.2 Å². The second-order valence-electron chi connectivity index (χ2n) is 2.52. The molecule has 2 heterocycles. The minimum Gasteiger partial charge on any atom is -0.469 e. The molecule has 0 fully saturated rings. The van der Waals surface area contributed by atoms with Crippen LogP contribution in [0.3, 0.4) is 0 Å². The largest absolute Gasteiger partial charge is 0.469 e. The summed E-state index contributed by atoms with van der Waals surface area (Å²) in [5.41, 5.74) is 0.857. The monoisotopic (exact) mass is 164 g/mol. The van der Waals surface area contributed by atoms with Crippen molar-refractivity contribution in [2.45, 2.75) is 13.8 Å². The predicted octanol–water partition coefficient (Wildman–Crippen LogP) is 1.95. The predicted molar refractivity (Wildman–Crippen MR) is 41.5 cm³/mol. The zero-order valence-electron chi connectivity index (χ0n) is 6.87. The van der Waals surface area contributed by atoms with Gasteiger partial charge in [0.05, 0.1) is 11.8 Å². The Hall–Kier alpha value is -1.58. The maximum atomic E-state index is 5.23. The van der Waals surface area contributed by atoms with Crippen LogP contribution in [0, 0.1) is 13.8 Å². The summed E-state index contributed by atoms with van der Waals surface area (Å²) in [4.78, 5) is 0. The van der Waals surface area contributed by atoms with Gasteiger partial charge in [-0.1, -0.05) is 0 Å². The second kappa shape index (κ2) is 2.48.